The Morgan fingerprint density at radius 1 is 1.29 bits per heavy atom. The predicted molar refractivity (Wildman–Crippen MR) is 92.3 cm³/mol. The van der Waals surface area contributed by atoms with E-state index < -0.39 is 0 Å². The zero-order chi connectivity index (χ0) is 17.1. The Bertz CT molecular complexity index is 866. The Balaban J connectivity index is 1.97. The molecule has 0 bridgehead atoms. The maximum absolute atomic E-state index is 11.6. The zero-order valence-electron chi connectivity index (χ0n) is 13.9. The number of benzene rings is 1. The van der Waals surface area contributed by atoms with Gasteiger partial charge in [0, 0.05) is 31.2 Å². The van der Waals surface area contributed by atoms with Gasteiger partial charge in [0.15, 0.2) is 5.82 Å². The summed E-state index contributed by atoms with van der Waals surface area (Å²) >= 11 is 0. The van der Waals surface area contributed by atoms with E-state index in [1.54, 1.807) is 7.11 Å². The van der Waals surface area contributed by atoms with Crippen LogP contribution in [0.1, 0.15) is 6.92 Å². The third-order valence-electron chi connectivity index (χ3n) is 3.82. The maximum atomic E-state index is 11.6. The molecule has 3 aromatic rings. The Kier molecular flexibility index (Phi) is 4.52. The lowest BCUT2D eigenvalue weighted by Gasteiger charge is -2.07. The summed E-state index contributed by atoms with van der Waals surface area (Å²) in [5.41, 5.74) is 2.92. The summed E-state index contributed by atoms with van der Waals surface area (Å²) in [5.74, 6) is 1.05. The summed E-state index contributed by atoms with van der Waals surface area (Å²) in [7, 11) is 3.13. The molecule has 24 heavy (non-hydrogen) atoms. The lowest BCUT2D eigenvalue weighted by molar-refractivity contribution is -0.119. The summed E-state index contributed by atoms with van der Waals surface area (Å²) in [6.07, 6.45) is 0. The molecule has 3 rings (SSSR count). The molecule has 7 heteroatoms. The topological polar surface area (TPSA) is 81.2 Å². The van der Waals surface area contributed by atoms with Gasteiger partial charge in [0.25, 0.3) is 5.91 Å². The molecule has 0 aliphatic heterocycles. The van der Waals surface area contributed by atoms with Crippen molar-refractivity contribution in [1.29, 1.82) is 0 Å². The number of nitrogens with zero attached hydrogens (tertiary/aromatic N) is 2. The molecule has 0 spiro atoms. The molecule has 0 saturated heterocycles. The standard InChI is InChI=1S/C17H20N4O3/c1-4-21-14-8-12(24-3)6-5-11(14)7-15(21)13-9-16(20-19-13)18-17(22)10-23-2/h5-9H,4,10H2,1-3H3,(H2,18,19,20,22). The number of aromatic amines is 1. The van der Waals surface area contributed by atoms with E-state index in [0.29, 0.717) is 5.82 Å². The smallest absolute Gasteiger partial charge is 0.251 e. The van der Waals surface area contributed by atoms with Crippen LogP contribution in [-0.2, 0) is 16.1 Å². The summed E-state index contributed by atoms with van der Waals surface area (Å²) < 4.78 is 12.3. The summed E-state index contributed by atoms with van der Waals surface area (Å²) in [4.78, 5) is 11.6. The van der Waals surface area contributed by atoms with Gasteiger partial charge in [-0.15, -0.1) is 0 Å². The normalized spacial score (nSPS) is 11.0. The van der Waals surface area contributed by atoms with E-state index in [2.05, 4.69) is 33.1 Å². The van der Waals surface area contributed by atoms with Crippen LogP contribution in [0.5, 0.6) is 5.75 Å². The summed E-state index contributed by atoms with van der Waals surface area (Å²) in [6, 6.07) is 9.88. The zero-order valence-corrected chi connectivity index (χ0v) is 13.9. The second kappa shape index (κ2) is 6.76. The predicted octanol–water partition coefficient (Wildman–Crippen LogP) is 2.64. The molecule has 2 heterocycles. The van der Waals surface area contributed by atoms with Gasteiger partial charge < -0.3 is 19.4 Å². The van der Waals surface area contributed by atoms with Crippen molar-refractivity contribution >= 4 is 22.6 Å². The first-order chi connectivity index (χ1) is 11.7. The number of anilines is 1. The molecule has 0 atom stereocenters. The number of carbonyl (C=O) groups excluding carboxylic acids is 1. The number of aryl methyl sites for hydroxylation is 1. The second-order valence-corrected chi connectivity index (χ2v) is 5.35. The van der Waals surface area contributed by atoms with Crippen LogP contribution in [0.2, 0.25) is 0 Å². The number of hydrogen-bond donors (Lipinski definition) is 2. The van der Waals surface area contributed by atoms with E-state index in [1.807, 2.05) is 24.3 Å². The number of ether oxygens (including phenoxy) is 2. The molecule has 2 N–H and O–H groups in total. The fourth-order valence-corrected chi connectivity index (χ4v) is 2.75. The van der Waals surface area contributed by atoms with Crippen molar-refractivity contribution in [3.8, 4) is 17.1 Å². The van der Waals surface area contributed by atoms with Gasteiger partial charge in [0.2, 0.25) is 0 Å². The van der Waals surface area contributed by atoms with Gasteiger partial charge in [-0.1, -0.05) is 0 Å². The average molecular weight is 328 g/mol. The largest absolute Gasteiger partial charge is 0.497 e. The van der Waals surface area contributed by atoms with Crippen LogP contribution in [0.15, 0.2) is 30.3 Å². The minimum absolute atomic E-state index is 0.00277. The van der Waals surface area contributed by atoms with Crippen molar-refractivity contribution in [2.24, 2.45) is 0 Å². The molecule has 0 saturated carbocycles. The Labute approximate surface area is 139 Å². The Morgan fingerprint density at radius 2 is 2.12 bits per heavy atom. The highest BCUT2D eigenvalue weighted by Gasteiger charge is 2.13. The molecule has 7 nitrogen and oxygen atoms in total. The van der Waals surface area contributed by atoms with Gasteiger partial charge in [-0.25, -0.2) is 0 Å². The number of carbonyl (C=O) groups is 1. The quantitative estimate of drug-likeness (QED) is 0.729. The third kappa shape index (κ3) is 2.98. The second-order valence-electron chi connectivity index (χ2n) is 5.35. The molecule has 0 fully saturated rings. The minimum Gasteiger partial charge on any atom is -0.497 e. The van der Waals surface area contributed by atoms with Crippen molar-refractivity contribution in [3.05, 3.63) is 30.3 Å². The van der Waals surface area contributed by atoms with Crippen LogP contribution in [0.4, 0.5) is 5.82 Å². The Hall–Kier alpha value is -2.80. The molecular weight excluding hydrogens is 308 g/mol. The third-order valence-corrected chi connectivity index (χ3v) is 3.82. The van der Waals surface area contributed by atoms with Crippen LogP contribution in [-0.4, -0.2) is 41.5 Å². The van der Waals surface area contributed by atoms with Gasteiger partial charge in [0.05, 0.1) is 24.0 Å². The molecule has 1 aromatic carbocycles. The molecule has 1 amide bonds. The van der Waals surface area contributed by atoms with Gasteiger partial charge in [-0.05, 0) is 25.1 Å². The lowest BCUT2D eigenvalue weighted by atomic mass is 10.2. The molecule has 0 aliphatic carbocycles. The SMILES string of the molecule is CCn1c(-c2cc(NC(=O)COC)n[nH]2)cc2ccc(OC)cc21. The fraction of sp³-hybridized carbons (Fsp3) is 0.294. The average Bonchev–Trinajstić information content (AvgIpc) is 3.17. The van der Waals surface area contributed by atoms with Crippen LogP contribution in [0, 0.1) is 0 Å². The van der Waals surface area contributed by atoms with E-state index in [-0.39, 0.29) is 12.5 Å². The molecular formula is C17H20N4O3. The van der Waals surface area contributed by atoms with Crippen molar-refractivity contribution in [2.75, 3.05) is 26.1 Å². The number of nitrogens with one attached hydrogen (secondary N) is 2. The highest BCUT2D eigenvalue weighted by Crippen LogP contribution is 2.30. The molecule has 0 radical (unpaired) electrons. The van der Waals surface area contributed by atoms with Gasteiger partial charge >= 0.3 is 0 Å². The van der Waals surface area contributed by atoms with Crippen LogP contribution >= 0.6 is 0 Å². The van der Waals surface area contributed by atoms with E-state index in [9.17, 15) is 4.79 Å². The van der Waals surface area contributed by atoms with Crippen LogP contribution < -0.4 is 10.1 Å². The van der Waals surface area contributed by atoms with E-state index in [1.165, 1.54) is 7.11 Å². The highest BCUT2D eigenvalue weighted by atomic mass is 16.5. The lowest BCUT2D eigenvalue weighted by Crippen LogP contribution is -2.17. The van der Waals surface area contributed by atoms with Crippen molar-refractivity contribution < 1.29 is 14.3 Å². The fourth-order valence-electron chi connectivity index (χ4n) is 2.75. The summed E-state index contributed by atoms with van der Waals surface area (Å²) in [6.45, 7) is 2.88. The number of H-pyrrole nitrogens is 1. The first-order valence-corrected chi connectivity index (χ1v) is 7.68. The maximum Gasteiger partial charge on any atom is 0.251 e. The number of fused-ring (bicyclic) bond motifs is 1. The molecule has 2 aromatic heterocycles. The monoisotopic (exact) mass is 328 g/mol. The van der Waals surface area contributed by atoms with Gasteiger partial charge in [-0.3, -0.25) is 9.89 Å². The Morgan fingerprint density at radius 3 is 2.83 bits per heavy atom. The summed E-state index contributed by atoms with van der Waals surface area (Å²) in [5, 5.41) is 10.9. The number of hydrogen-bond acceptors (Lipinski definition) is 4. The number of methoxy groups -OCH3 is 2. The van der Waals surface area contributed by atoms with Crippen molar-refractivity contribution in [2.45, 2.75) is 13.5 Å². The molecule has 0 unspecified atom stereocenters. The van der Waals surface area contributed by atoms with E-state index >= 15 is 0 Å². The van der Waals surface area contributed by atoms with Crippen LogP contribution in [0.3, 0.4) is 0 Å². The van der Waals surface area contributed by atoms with Gasteiger partial charge in [0.1, 0.15) is 12.4 Å². The van der Waals surface area contributed by atoms with E-state index in [4.69, 9.17) is 9.47 Å². The number of amides is 1. The minimum atomic E-state index is -0.240. The number of aromatic nitrogens is 3. The molecule has 126 valence electrons. The van der Waals surface area contributed by atoms with Crippen molar-refractivity contribution in [1.82, 2.24) is 14.8 Å². The van der Waals surface area contributed by atoms with E-state index in [0.717, 1.165) is 34.6 Å². The highest BCUT2D eigenvalue weighted by molar-refractivity contribution is 5.92. The van der Waals surface area contributed by atoms with Crippen molar-refractivity contribution in [3.63, 3.8) is 0 Å². The van der Waals surface area contributed by atoms with Gasteiger partial charge in [-0.2, -0.15) is 5.10 Å². The number of rotatable bonds is 6. The van der Waals surface area contributed by atoms with Crippen LogP contribution in [0.25, 0.3) is 22.3 Å². The first kappa shape index (κ1) is 16.1. The molecule has 0 aliphatic rings. The first-order valence-electron chi connectivity index (χ1n) is 7.68.